The molecule has 0 aliphatic carbocycles. The highest BCUT2D eigenvalue weighted by molar-refractivity contribution is 9.11. The van der Waals surface area contributed by atoms with Crippen molar-refractivity contribution in [3.63, 3.8) is 0 Å². The van der Waals surface area contributed by atoms with Gasteiger partial charge in [0, 0.05) is 11.5 Å². The number of anilines is 1. The summed E-state index contributed by atoms with van der Waals surface area (Å²) in [4.78, 5) is 0. The SMILES string of the molecule is Cc1nn(C)c(CNc2cc(F)ccc2Br)c1Br. The average Bonchev–Trinajstić information content (AvgIpc) is 2.55. The van der Waals surface area contributed by atoms with Crippen LogP contribution in [0.3, 0.4) is 0 Å². The summed E-state index contributed by atoms with van der Waals surface area (Å²) in [6.45, 7) is 2.51. The number of halogens is 3. The van der Waals surface area contributed by atoms with Crippen molar-refractivity contribution in [3.8, 4) is 0 Å². The third-order valence-corrected chi connectivity index (χ3v) is 4.36. The van der Waals surface area contributed by atoms with E-state index in [1.54, 1.807) is 10.7 Å². The Kier molecular flexibility index (Phi) is 4.07. The Labute approximate surface area is 122 Å². The topological polar surface area (TPSA) is 29.9 Å². The van der Waals surface area contributed by atoms with Gasteiger partial charge in [0.05, 0.1) is 28.1 Å². The van der Waals surface area contributed by atoms with Crippen LogP contribution in [0.25, 0.3) is 0 Å². The van der Waals surface area contributed by atoms with Crippen molar-refractivity contribution in [2.24, 2.45) is 7.05 Å². The second kappa shape index (κ2) is 5.40. The highest BCUT2D eigenvalue weighted by Crippen LogP contribution is 2.25. The zero-order chi connectivity index (χ0) is 13.3. The van der Waals surface area contributed by atoms with Gasteiger partial charge in [-0.05, 0) is 57.0 Å². The van der Waals surface area contributed by atoms with Gasteiger partial charge in [-0.2, -0.15) is 5.10 Å². The number of rotatable bonds is 3. The number of nitrogens with one attached hydrogen (secondary N) is 1. The smallest absolute Gasteiger partial charge is 0.125 e. The first kappa shape index (κ1) is 13.5. The van der Waals surface area contributed by atoms with Gasteiger partial charge in [0.15, 0.2) is 0 Å². The number of benzene rings is 1. The van der Waals surface area contributed by atoms with E-state index in [0.717, 1.165) is 26.0 Å². The molecule has 2 aromatic rings. The molecule has 1 heterocycles. The van der Waals surface area contributed by atoms with Crippen LogP contribution in [0, 0.1) is 12.7 Å². The minimum atomic E-state index is -0.263. The number of hydrogen-bond acceptors (Lipinski definition) is 2. The van der Waals surface area contributed by atoms with Crippen LogP contribution in [0.15, 0.2) is 27.1 Å². The number of nitrogens with zero attached hydrogens (tertiary/aromatic N) is 2. The van der Waals surface area contributed by atoms with Gasteiger partial charge in [-0.3, -0.25) is 4.68 Å². The number of aromatic nitrogens is 2. The van der Waals surface area contributed by atoms with Crippen molar-refractivity contribution in [1.82, 2.24) is 9.78 Å². The first-order valence-electron chi connectivity index (χ1n) is 5.36. The van der Waals surface area contributed by atoms with Crippen LogP contribution in [-0.4, -0.2) is 9.78 Å². The van der Waals surface area contributed by atoms with E-state index in [0.29, 0.717) is 6.54 Å². The molecule has 0 unspecified atom stereocenters. The van der Waals surface area contributed by atoms with Crippen molar-refractivity contribution in [3.05, 3.63) is 44.3 Å². The Morgan fingerprint density at radius 3 is 2.72 bits per heavy atom. The Morgan fingerprint density at radius 2 is 2.11 bits per heavy atom. The lowest BCUT2D eigenvalue weighted by molar-refractivity contribution is 0.628. The van der Waals surface area contributed by atoms with Crippen LogP contribution < -0.4 is 5.32 Å². The van der Waals surface area contributed by atoms with Gasteiger partial charge in [-0.15, -0.1) is 0 Å². The average molecular weight is 377 g/mol. The summed E-state index contributed by atoms with van der Waals surface area (Å²) in [5.41, 5.74) is 2.68. The minimum absolute atomic E-state index is 0.263. The number of aryl methyl sites for hydroxylation is 2. The molecule has 0 saturated carbocycles. The maximum Gasteiger partial charge on any atom is 0.125 e. The van der Waals surface area contributed by atoms with Crippen LogP contribution in [0.1, 0.15) is 11.4 Å². The molecule has 0 atom stereocenters. The first-order chi connectivity index (χ1) is 8.49. The maximum atomic E-state index is 13.1. The van der Waals surface area contributed by atoms with Gasteiger partial charge in [0.25, 0.3) is 0 Å². The monoisotopic (exact) mass is 375 g/mol. The van der Waals surface area contributed by atoms with E-state index in [4.69, 9.17) is 0 Å². The van der Waals surface area contributed by atoms with E-state index in [1.165, 1.54) is 12.1 Å². The van der Waals surface area contributed by atoms with Crippen molar-refractivity contribution in [1.29, 1.82) is 0 Å². The second-order valence-corrected chi connectivity index (χ2v) is 5.59. The quantitative estimate of drug-likeness (QED) is 0.877. The molecule has 3 nitrogen and oxygen atoms in total. The Bertz CT molecular complexity index is 581. The summed E-state index contributed by atoms with van der Waals surface area (Å²) < 4.78 is 16.8. The molecule has 0 aliphatic heterocycles. The Morgan fingerprint density at radius 1 is 1.39 bits per heavy atom. The summed E-state index contributed by atoms with van der Waals surface area (Å²) in [5, 5.41) is 7.49. The van der Waals surface area contributed by atoms with Crippen molar-refractivity contribution in [2.45, 2.75) is 13.5 Å². The van der Waals surface area contributed by atoms with E-state index in [2.05, 4.69) is 42.3 Å². The maximum absolute atomic E-state index is 13.1. The van der Waals surface area contributed by atoms with Gasteiger partial charge >= 0.3 is 0 Å². The van der Waals surface area contributed by atoms with Crippen LogP contribution in [-0.2, 0) is 13.6 Å². The van der Waals surface area contributed by atoms with Gasteiger partial charge in [0.1, 0.15) is 5.82 Å². The normalized spacial score (nSPS) is 10.7. The van der Waals surface area contributed by atoms with Crippen molar-refractivity contribution < 1.29 is 4.39 Å². The second-order valence-electron chi connectivity index (χ2n) is 3.95. The van der Waals surface area contributed by atoms with Gasteiger partial charge in [-0.1, -0.05) is 0 Å². The van der Waals surface area contributed by atoms with Crippen molar-refractivity contribution >= 4 is 37.5 Å². The third kappa shape index (κ3) is 2.75. The van der Waals surface area contributed by atoms with E-state index >= 15 is 0 Å². The molecule has 0 fully saturated rings. The van der Waals surface area contributed by atoms with E-state index in [-0.39, 0.29) is 5.82 Å². The summed E-state index contributed by atoms with van der Waals surface area (Å²) in [7, 11) is 1.88. The van der Waals surface area contributed by atoms with Crippen LogP contribution >= 0.6 is 31.9 Å². The van der Waals surface area contributed by atoms with Crippen LogP contribution in [0.4, 0.5) is 10.1 Å². The Hall–Kier alpha value is -0.880. The van der Waals surface area contributed by atoms with E-state index < -0.39 is 0 Å². The van der Waals surface area contributed by atoms with E-state index in [9.17, 15) is 4.39 Å². The fourth-order valence-electron chi connectivity index (χ4n) is 1.68. The zero-order valence-electron chi connectivity index (χ0n) is 9.97. The molecule has 0 amide bonds. The molecule has 1 aromatic heterocycles. The molecule has 1 N–H and O–H groups in total. The standard InChI is InChI=1S/C12H12Br2FN3/c1-7-12(14)11(18(2)17-7)6-16-10-5-8(15)3-4-9(10)13/h3-5,16H,6H2,1-2H3. The van der Waals surface area contributed by atoms with Gasteiger partial charge < -0.3 is 5.32 Å². The lowest BCUT2D eigenvalue weighted by Crippen LogP contribution is -2.06. The predicted octanol–water partition coefficient (Wildman–Crippen LogP) is 4.00. The molecular formula is C12H12Br2FN3. The molecule has 96 valence electrons. The molecule has 6 heteroatoms. The number of hydrogen-bond donors (Lipinski definition) is 1. The summed E-state index contributed by atoms with van der Waals surface area (Å²) in [6, 6.07) is 4.56. The lowest BCUT2D eigenvalue weighted by Gasteiger charge is -2.09. The summed E-state index contributed by atoms with van der Waals surface area (Å²) in [5.74, 6) is -0.263. The third-order valence-electron chi connectivity index (χ3n) is 2.64. The zero-order valence-corrected chi connectivity index (χ0v) is 13.1. The molecule has 1 aromatic carbocycles. The molecule has 0 spiro atoms. The summed E-state index contributed by atoms with van der Waals surface area (Å²) >= 11 is 6.88. The predicted molar refractivity (Wildman–Crippen MR) is 77.1 cm³/mol. The highest BCUT2D eigenvalue weighted by atomic mass is 79.9. The molecule has 18 heavy (non-hydrogen) atoms. The van der Waals surface area contributed by atoms with Gasteiger partial charge in [-0.25, -0.2) is 4.39 Å². The van der Waals surface area contributed by atoms with E-state index in [1.807, 2.05) is 14.0 Å². The molecule has 0 saturated heterocycles. The highest BCUT2D eigenvalue weighted by Gasteiger charge is 2.10. The Balaban J connectivity index is 2.19. The molecular weight excluding hydrogens is 365 g/mol. The summed E-state index contributed by atoms with van der Waals surface area (Å²) in [6.07, 6.45) is 0. The fraction of sp³-hybridized carbons (Fsp3) is 0.250. The molecule has 0 aliphatic rings. The molecule has 0 radical (unpaired) electrons. The fourth-order valence-corrected chi connectivity index (χ4v) is 2.55. The largest absolute Gasteiger partial charge is 0.378 e. The van der Waals surface area contributed by atoms with Gasteiger partial charge in [0.2, 0.25) is 0 Å². The van der Waals surface area contributed by atoms with Crippen LogP contribution in [0.2, 0.25) is 0 Å². The molecule has 2 rings (SSSR count). The lowest BCUT2D eigenvalue weighted by atomic mass is 10.3. The van der Waals surface area contributed by atoms with Crippen LogP contribution in [0.5, 0.6) is 0 Å². The molecule has 0 bridgehead atoms. The first-order valence-corrected chi connectivity index (χ1v) is 6.94. The minimum Gasteiger partial charge on any atom is -0.378 e. The van der Waals surface area contributed by atoms with Crippen molar-refractivity contribution in [2.75, 3.05) is 5.32 Å².